The molecule has 0 heterocycles. The van der Waals surface area contributed by atoms with E-state index in [9.17, 15) is 8.42 Å². The Balaban J connectivity index is 2.71. The molecule has 0 atom stereocenters. The summed E-state index contributed by atoms with van der Waals surface area (Å²) in [6, 6.07) is 6.31. The van der Waals surface area contributed by atoms with Gasteiger partial charge in [-0.05, 0) is 32.0 Å². The summed E-state index contributed by atoms with van der Waals surface area (Å²) < 4.78 is 31.1. The highest BCUT2D eigenvalue weighted by Gasteiger charge is 2.12. The van der Waals surface area contributed by atoms with E-state index < -0.39 is 10.0 Å². The van der Waals surface area contributed by atoms with E-state index in [1.165, 1.54) is 18.2 Å². The van der Waals surface area contributed by atoms with Crippen molar-refractivity contribution in [1.82, 2.24) is 0 Å². The molecule has 0 spiro atoms. The number of sulfonamides is 1. The fraction of sp³-hybridized carbons (Fsp3) is 0.417. The van der Waals surface area contributed by atoms with Crippen molar-refractivity contribution in [3.05, 3.63) is 23.8 Å². The molecule has 0 saturated heterocycles. The maximum Gasteiger partial charge on any atom is 0.235 e. The lowest BCUT2D eigenvalue weighted by atomic mass is 10.2. The summed E-state index contributed by atoms with van der Waals surface area (Å²) in [5.41, 5.74) is 6.53. The molecule has 0 aliphatic heterocycles. The van der Waals surface area contributed by atoms with Gasteiger partial charge in [0.15, 0.2) is 0 Å². The summed E-state index contributed by atoms with van der Waals surface area (Å²) in [4.78, 5) is 0. The number of ether oxygens (including phenoxy) is 1. The molecule has 104 valence electrons. The molecule has 7 heteroatoms. The summed E-state index contributed by atoms with van der Waals surface area (Å²) >= 11 is 0. The number of nitrogens with zero attached hydrogens (tertiary/aromatic N) is 1. The van der Waals surface area contributed by atoms with Gasteiger partial charge < -0.3 is 10.5 Å². The smallest absolute Gasteiger partial charge is 0.235 e. The van der Waals surface area contributed by atoms with Gasteiger partial charge in [0.25, 0.3) is 0 Å². The highest BCUT2D eigenvalue weighted by molar-refractivity contribution is 7.92. The van der Waals surface area contributed by atoms with E-state index in [1.807, 2.05) is 19.9 Å². The van der Waals surface area contributed by atoms with Crippen LogP contribution in [0.1, 0.15) is 19.4 Å². The van der Waals surface area contributed by atoms with Crippen LogP contribution in [-0.4, -0.2) is 26.9 Å². The van der Waals surface area contributed by atoms with Crippen molar-refractivity contribution < 1.29 is 13.2 Å². The van der Waals surface area contributed by atoms with Crippen molar-refractivity contribution in [3.63, 3.8) is 0 Å². The third-order valence-electron chi connectivity index (χ3n) is 2.25. The minimum absolute atomic E-state index is 0.0184. The van der Waals surface area contributed by atoms with Crippen LogP contribution >= 0.6 is 0 Å². The molecular formula is C12H17N3O3S. The lowest BCUT2D eigenvalue weighted by molar-refractivity contribution is 0.0913. The van der Waals surface area contributed by atoms with E-state index in [4.69, 9.17) is 15.7 Å². The molecule has 0 radical (unpaired) electrons. The Bertz CT molecular complexity index is 576. The lowest BCUT2D eigenvalue weighted by Gasteiger charge is -2.11. The van der Waals surface area contributed by atoms with Crippen LogP contribution in [-0.2, 0) is 14.8 Å². The van der Waals surface area contributed by atoms with Crippen molar-refractivity contribution >= 4 is 21.4 Å². The van der Waals surface area contributed by atoms with Gasteiger partial charge in [0, 0.05) is 0 Å². The standard InChI is InChI=1S/C12H17N3O3S/c1-9(2)18-5-6-19(16,17)15-12-4-3-10(8-13)7-11(12)14/h3-4,7,9,15H,5-6,14H2,1-2H3. The maximum atomic E-state index is 11.8. The highest BCUT2D eigenvalue weighted by atomic mass is 32.2. The van der Waals surface area contributed by atoms with Crippen LogP contribution in [0.5, 0.6) is 0 Å². The molecule has 0 amide bonds. The molecule has 0 bridgehead atoms. The van der Waals surface area contributed by atoms with Gasteiger partial charge in [0.05, 0.1) is 41.5 Å². The van der Waals surface area contributed by atoms with Gasteiger partial charge in [0.2, 0.25) is 10.0 Å². The first-order valence-corrected chi connectivity index (χ1v) is 7.41. The fourth-order valence-electron chi connectivity index (χ4n) is 1.34. The van der Waals surface area contributed by atoms with E-state index in [0.29, 0.717) is 5.56 Å². The maximum absolute atomic E-state index is 11.8. The Labute approximate surface area is 113 Å². The summed E-state index contributed by atoms with van der Waals surface area (Å²) in [6.45, 7) is 3.78. The number of nitrogens with two attached hydrogens (primary N) is 1. The van der Waals surface area contributed by atoms with E-state index >= 15 is 0 Å². The van der Waals surface area contributed by atoms with Crippen molar-refractivity contribution in [2.45, 2.75) is 20.0 Å². The Morgan fingerprint density at radius 3 is 2.68 bits per heavy atom. The minimum Gasteiger partial charge on any atom is -0.397 e. The van der Waals surface area contributed by atoms with E-state index in [-0.39, 0.29) is 29.8 Å². The van der Waals surface area contributed by atoms with Crippen LogP contribution in [0.15, 0.2) is 18.2 Å². The molecule has 0 saturated carbocycles. The Morgan fingerprint density at radius 2 is 2.16 bits per heavy atom. The average Bonchev–Trinajstić information content (AvgIpc) is 2.30. The Morgan fingerprint density at radius 1 is 1.47 bits per heavy atom. The van der Waals surface area contributed by atoms with Gasteiger partial charge >= 0.3 is 0 Å². The molecular weight excluding hydrogens is 266 g/mol. The molecule has 1 aromatic carbocycles. The predicted molar refractivity (Wildman–Crippen MR) is 74.1 cm³/mol. The number of hydrogen-bond acceptors (Lipinski definition) is 5. The fourth-order valence-corrected chi connectivity index (χ4v) is 2.28. The first kappa shape index (κ1) is 15.3. The summed E-state index contributed by atoms with van der Waals surface area (Å²) in [7, 11) is -3.51. The Hall–Kier alpha value is -1.78. The zero-order valence-electron chi connectivity index (χ0n) is 10.9. The summed E-state index contributed by atoms with van der Waals surface area (Å²) in [6.07, 6.45) is -0.0184. The number of nitriles is 1. The zero-order chi connectivity index (χ0) is 14.5. The Kier molecular flexibility index (Phi) is 5.15. The van der Waals surface area contributed by atoms with Crippen LogP contribution in [0.4, 0.5) is 11.4 Å². The second-order valence-electron chi connectivity index (χ2n) is 4.25. The molecule has 1 aromatic rings. The third-order valence-corrected chi connectivity index (χ3v) is 3.48. The van der Waals surface area contributed by atoms with Crippen molar-refractivity contribution in [2.75, 3.05) is 22.8 Å². The number of nitrogen functional groups attached to an aromatic ring is 1. The molecule has 1 rings (SSSR count). The molecule has 3 N–H and O–H groups in total. The van der Waals surface area contributed by atoms with Crippen LogP contribution in [0.25, 0.3) is 0 Å². The molecule has 0 aromatic heterocycles. The van der Waals surface area contributed by atoms with E-state index in [2.05, 4.69) is 4.72 Å². The second-order valence-corrected chi connectivity index (χ2v) is 6.10. The van der Waals surface area contributed by atoms with Gasteiger partial charge in [-0.15, -0.1) is 0 Å². The van der Waals surface area contributed by atoms with Crippen LogP contribution in [0, 0.1) is 11.3 Å². The molecule has 6 nitrogen and oxygen atoms in total. The van der Waals surface area contributed by atoms with Gasteiger partial charge in [-0.25, -0.2) is 8.42 Å². The number of anilines is 2. The van der Waals surface area contributed by atoms with Gasteiger partial charge in [-0.2, -0.15) is 5.26 Å². The quantitative estimate of drug-likeness (QED) is 0.766. The molecule has 0 aliphatic carbocycles. The molecule has 0 aliphatic rings. The number of benzene rings is 1. The number of rotatable bonds is 6. The summed E-state index contributed by atoms with van der Waals surface area (Å²) in [5.74, 6) is -0.148. The summed E-state index contributed by atoms with van der Waals surface area (Å²) in [5, 5.41) is 8.69. The number of nitrogens with one attached hydrogen (secondary N) is 1. The normalized spacial score (nSPS) is 11.3. The van der Waals surface area contributed by atoms with Gasteiger partial charge in [0.1, 0.15) is 0 Å². The largest absolute Gasteiger partial charge is 0.397 e. The van der Waals surface area contributed by atoms with Gasteiger partial charge in [-0.3, -0.25) is 4.72 Å². The van der Waals surface area contributed by atoms with Crippen LogP contribution in [0.3, 0.4) is 0 Å². The van der Waals surface area contributed by atoms with E-state index in [0.717, 1.165) is 0 Å². The van der Waals surface area contributed by atoms with Crippen LogP contribution < -0.4 is 10.5 Å². The average molecular weight is 283 g/mol. The van der Waals surface area contributed by atoms with Crippen molar-refractivity contribution in [2.24, 2.45) is 0 Å². The van der Waals surface area contributed by atoms with Crippen molar-refractivity contribution in [1.29, 1.82) is 5.26 Å². The predicted octanol–water partition coefficient (Wildman–Crippen LogP) is 1.31. The van der Waals surface area contributed by atoms with Gasteiger partial charge in [-0.1, -0.05) is 0 Å². The van der Waals surface area contributed by atoms with Crippen molar-refractivity contribution in [3.8, 4) is 6.07 Å². The lowest BCUT2D eigenvalue weighted by Crippen LogP contribution is -2.22. The SMILES string of the molecule is CC(C)OCCS(=O)(=O)Nc1ccc(C#N)cc1N. The minimum atomic E-state index is -3.51. The van der Waals surface area contributed by atoms with Crippen LogP contribution in [0.2, 0.25) is 0 Å². The zero-order valence-corrected chi connectivity index (χ0v) is 11.7. The third kappa shape index (κ3) is 5.16. The second kappa shape index (κ2) is 6.41. The molecule has 19 heavy (non-hydrogen) atoms. The molecule has 0 unspecified atom stereocenters. The monoisotopic (exact) mass is 283 g/mol. The molecule has 0 fully saturated rings. The number of hydrogen-bond donors (Lipinski definition) is 2. The van der Waals surface area contributed by atoms with E-state index in [1.54, 1.807) is 0 Å². The highest BCUT2D eigenvalue weighted by Crippen LogP contribution is 2.20. The topological polar surface area (TPSA) is 105 Å². The first-order valence-electron chi connectivity index (χ1n) is 5.76. The first-order chi connectivity index (χ1) is 8.84.